The van der Waals surface area contributed by atoms with Crippen molar-refractivity contribution < 1.29 is 0 Å². The van der Waals surface area contributed by atoms with Gasteiger partial charge in [-0.15, -0.1) is 11.3 Å². The lowest BCUT2D eigenvalue weighted by atomic mass is 10.1. The first kappa shape index (κ1) is 12.7. The summed E-state index contributed by atoms with van der Waals surface area (Å²) in [5.41, 5.74) is 1.84. The molecule has 0 fully saturated rings. The second kappa shape index (κ2) is 4.83. The number of rotatable bonds is 1. The number of nitrogens with zero attached hydrogens (tertiary/aromatic N) is 3. The van der Waals surface area contributed by atoms with Gasteiger partial charge in [0, 0.05) is 45.6 Å². The molecule has 4 heterocycles. The van der Waals surface area contributed by atoms with Crippen LogP contribution in [0.25, 0.3) is 42.3 Å². The van der Waals surface area contributed by atoms with E-state index in [1.54, 1.807) is 11.3 Å². The Bertz CT molecular complexity index is 1170. The summed E-state index contributed by atoms with van der Waals surface area (Å²) in [5, 5.41) is 4.70. The molecule has 0 atom stereocenters. The molecule has 0 N–H and O–H groups in total. The van der Waals surface area contributed by atoms with Gasteiger partial charge in [0.1, 0.15) is 0 Å². The smallest absolute Gasteiger partial charge is 0.0964 e. The van der Waals surface area contributed by atoms with Crippen molar-refractivity contribution in [3.8, 4) is 11.4 Å². The monoisotopic (exact) mass is 313 g/mol. The Morgan fingerprint density at radius 3 is 2.70 bits per heavy atom. The van der Waals surface area contributed by atoms with Crippen molar-refractivity contribution in [2.75, 3.05) is 0 Å². The van der Waals surface area contributed by atoms with Gasteiger partial charge in [-0.3, -0.25) is 15.0 Å². The lowest BCUT2D eigenvalue weighted by Crippen LogP contribution is -1.88. The van der Waals surface area contributed by atoms with Crippen molar-refractivity contribution in [3.05, 3.63) is 67.3 Å². The quantitative estimate of drug-likeness (QED) is 0.434. The maximum Gasteiger partial charge on any atom is 0.0964 e. The zero-order valence-corrected chi connectivity index (χ0v) is 12.9. The highest BCUT2D eigenvalue weighted by Gasteiger charge is 2.10. The Morgan fingerprint density at radius 2 is 1.70 bits per heavy atom. The van der Waals surface area contributed by atoms with Crippen LogP contribution in [0.1, 0.15) is 0 Å². The Labute approximate surface area is 136 Å². The molecule has 0 aliphatic carbocycles. The van der Waals surface area contributed by atoms with E-state index in [0.29, 0.717) is 0 Å². The third-order valence-corrected chi connectivity index (χ3v) is 5.18. The summed E-state index contributed by atoms with van der Waals surface area (Å²) < 4.78 is 2.40. The summed E-state index contributed by atoms with van der Waals surface area (Å²) in [6.07, 6.45) is 7.54. The molecule has 0 amide bonds. The predicted octanol–water partition coefficient (Wildman–Crippen LogP) is 5.06. The van der Waals surface area contributed by atoms with E-state index in [2.05, 4.69) is 33.2 Å². The number of hydrogen-bond acceptors (Lipinski definition) is 4. The van der Waals surface area contributed by atoms with Crippen LogP contribution < -0.4 is 0 Å². The van der Waals surface area contributed by atoms with E-state index in [0.717, 1.165) is 16.8 Å². The van der Waals surface area contributed by atoms with Crippen LogP contribution in [-0.2, 0) is 0 Å². The van der Waals surface area contributed by atoms with Gasteiger partial charge in [-0.2, -0.15) is 0 Å². The minimum absolute atomic E-state index is 0.911. The molecule has 108 valence electrons. The summed E-state index contributed by atoms with van der Waals surface area (Å²) in [7, 11) is 0. The molecule has 4 heteroatoms. The lowest BCUT2D eigenvalue weighted by molar-refractivity contribution is 1.28. The zero-order valence-electron chi connectivity index (χ0n) is 12.1. The summed E-state index contributed by atoms with van der Waals surface area (Å²) in [5.74, 6) is 0. The van der Waals surface area contributed by atoms with Crippen LogP contribution in [0.2, 0.25) is 0 Å². The zero-order chi connectivity index (χ0) is 15.2. The second-order valence-corrected chi connectivity index (χ2v) is 6.50. The third kappa shape index (κ3) is 1.92. The number of benzene rings is 1. The van der Waals surface area contributed by atoms with Gasteiger partial charge >= 0.3 is 0 Å². The molecule has 1 aromatic carbocycles. The SMILES string of the molecule is c1ccc2c(-c3cc4sc5cnccc5c4cn3)nccc2c1. The Hall–Kier alpha value is -2.85. The number of aromatic nitrogens is 3. The standard InChI is InChI=1S/C19H11N3S/c1-2-4-13-12(3-1)5-8-21-19(13)16-9-17-15(10-22-16)14-6-7-20-11-18(14)23-17/h1-11H. The molecule has 0 unspecified atom stereocenters. The van der Waals surface area contributed by atoms with Gasteiger partial charge in [0.2, 0.25) is 0 Å². The third-order valence-electron chi connectivity index (χ3n) is 4.08. The summed E-state index contributed by atoms with van der Waals surface area (Å²) in [4.78, 5) is 13.4. The number of thiophene rings is 1. The van der Waals surface area contributed by atoms with Crippen molar-refractivity contribution in [3.63, 3.8) is 0 Å². The van der Waals surface area contributed by atoms with E-state index < -0.39 is 0 Å². The molecule has 0 spiro atoms. The molecular formula is C19H11N3S. The highest BCUT2D eigenvalue weighted by atomic mass is 32.1. The second-order valence-electron chi connectivity index (χ2n) is 5.42. The molecule has 0 aliphatic heterocycles. The van der Waals surface area contributed by atoms with E-state index in [4.69, 9.17) is 0 Å². The van der Waals surface area contributed by atoms with Gasteiger partial charge in [-0.25, -0.2) is 0 Å². The summed E-state index contributed by atoms with van der Waals surface area (Å²) in [6, 6.07) is 14.5. The summed E-state index contributed by atoms with van der Waals surface area (Å²) >= 11 is 1.75. The van der Waals surface area contributed by atoms with E-state index >= 15 is 0 Å². The first-order valence-electron chi connectivity index (χ1n) is 7.36. The van der Waals surface area contributed by atoms with E-state index in [-0.39, 0.29) is 0 Å². The van der Waals surface area contributed by atoms with Gasteiger partial charge in [-0.1, -0.05) is 24.3 Å². The number of hydrogen-bond donors (Lipinski definition) is 0. The average Bonchev–Trinajstić information content (AvgIpc) is 2.99. The molecule has 3 nitrogen and oxygen atoms in total. The molecule has 0 saturated carbocycles. The van der Waals surface area contributed by atoms with Crippen LogP contribution in [0.3, 0.4) is 0 Å². The molecule has 0 aliphatic rings. The van der Waals surface area contributed by atoms with Crippen LogP contribution in [0.5, 0.6) is 0 Å². The largest absolute Gasteiger partial charge is 0.263 e. The van der Waals surface area contributed by atoms with Crippen molar-refractivity contribution >= 4 is 42.3 Å². The lowest BCUT2D eigenvalue weighted by Gasteiger charge is -2.05. The number of fused-ring (bicyclic) bond motifs is 4. The maximum atomic E-state index is 4.67. The minimum Gasteiger partial charge on any atom is -0.263 e. The minimum atomic E-state index is 0.911. The van der Waals surface area contributed by atoms with Crippen LogP contribution in [0.4, 0.5) is 0 Å². The van der Waals surface area contributed by atoms with Crippen molar-refractivity contribution in [2.45, 2.75) is 0 Å². The van der Waals surface area contributed by atoms with Crippen LogP contribution in [0, 0.1) is 0 Å². The molecule has 0 radical (unpaired) electrons. The maximum absolute atomic E-state index is 4.67. The fraction of sp³-hybridized carbons (Fsp3) is 0. The van der Waals surface area contributed by atoms with Gasteiger partial charge in [0.05, 0.1) is 16.1 Å². The van der Waals surface area contributed by atoms with Gasteiger partial charge in [-0.05, 0) is 23.6 Å². The Kier molecular flexibility index (Phi) is 2.66. The first-order chi connectivity index (χ1) is 11.4. The van der Waals surface area contributed by atoms with E-state index in [9.17, 15) is 0 Å². The highest BCUT2D eigenvalue weighted by Crippen LogP contribution is 2.35. The number of pyridine rings is 3. The topological polar surface area (TPSA) is 38.7 Å². The van der Waals surface area contributed by atoms with E-state index in [1.165, 1.54) is 25.6 Å². The fourth-order valence-electron chi connectivity index (χ4n) is 2.98. The average molecular weight is 313 g/mol. The normalized spacial score (nSPS) is 11.5. The van der Waals surface area contributed by atoms with Crippen molar-refractivity contribution in [1.29, 1.82) is 0 Å². The predicted molar refractivity (Wildman–Crippen MR) is 95.7 cm³/mol. The molecule has 4 aromatic heterocycles. The molecule has 23 heavy (non-hydrogen) atoms. The Balaban J connectivity index is 1.81. The van der Waals surface area contributed by atoms with Gasteiger partial charge < -0.3 is 0 Å². The molecule has 0 bridgehead atoms. The van der Waals surface area contributed by atoms with Gasteiger partial charge in [0.15, 0.2) is 0 Å². The van der Waals surface area contributed by atoms with Crippen molar-refractivity contribution in [1.82, 2.24) is 15.0 Å². The van der Waals surface area contributed by atoms with Crippen LogP contribution in [-0.4, -0.2) is 15.0 Å². The molecule has 5 aromatic rings. The van der Waals surface area contributed by atoms with Crippen molar-refractivity contribution in [2.24, 2.45) is 0 Å². The molecule has 0 saturated heterocycles. The van der Waals surface area contributed by atoms with E-state index in [1.807, 2.05) is 49.1 Å². The highest BCUT2D eigenvalue weighted by molar-refractivity contribution is 7.25. The van der Waals surface area contributed by atoms with Crippen LogP contribution >= 0.6 is 11.3 Å². The fourth-order valence-corrected chi connectivity index (χ4v) is 4.06. The Morgan fingerprint density at radius 1 is 0.739 bits per heavy atom. The molecular weight excluding hydrogens is 302 g/mol. The van der Waals surface area contributed by atoms with Gasteiger partial charge in [0.25, 0.3) is 0 Å². The molecule has 5 rings (SSSR count). The van der Waals surface area contributed by atoms with Crippen LogP contribution in [0.15, 0.2) is 67.3 Å². The summed E-state index contributed by atoms with van der Waals surface area (Å²) in [6.45, 7) is 0. The first-order valence-corrected chi connectivity index (χ1v) is 8.18.